The number of rotatable bonds is 1. The minimum Gasteiger partial charge on any atom is -0.481 e. The molecule has 4 aliphatic carbocycles. The van der Waals surface area contributed by atoms with E-state index in [-0.39, 0.29) is 5.92 Å². The second kappa shape index (κ2) is 4.18. The van der Waals surface area contributed by atoms with Gasteiger partial charge in [-0.25, -0.2) is 0 Å². The van der Waals surface area contributed by atoms with E-state index in [0.717, 1.165) is 5.57 Å². The Morgan fingerprint density at radius 2 is 2.16 bits per heavy atom. The first-order valence-electron chi connectivity index (χ1n) is 8.89. The average molecular weight is 346 g/mol. The van der Waals surface area contributed by atoms with Crippen LogP contribution in [0.1, 0.15) is 32.6 Å². The van der Waals surface area contributed by atoms with Crippen LogP contribution in [0.4, 0.5) is 0 Å². The summed E-state index contributed by atoms with van der Waals surface area (Å²) in [4.78, 5) is 24.9. The van der Waals surface area contributed by atoms with Crippen molar-refractivity contribution in [1.29, 1.82) is 0 Å². The molecule has 3 N–H and O–H groups in total. The Morgan fingerprint density at radius 1 is 1.44 bits per heavy atom. The van der Waals surface area contributed by atoms with Gasteiger partial charge in [-0.3, -0.25) is 9.59 Å². The van der Waals surface area contributed by atoms with Crippen molar-refractivity contribution in [3.8, 4) is 0 Å². The molecule has 0 aromatic heterocycles. The van der Waals surface area contributed by atoms with Crippen molar-refractivity contribution in [1.82, 2.24) is 0 Å². The fourth-order valence-corrected chi connectivity index (χ4v) is 6.86. The maximum Gasteiger partial charge on any atom is 0.315 e. The van der Waals surface area contributed by atoms with Crippen LogP contribution in [0.3, 0.4) is 0 Å². The van der Waals surface area contributed by atoms with Gasteiger partial charge in [0.1, 0.15) is 17.6 Å². The quantitative estimate of drug-likeness (QED) is 0.484. The van der Waals surface area contributed by atoms with Crippen molar-refractivity contribution in [3.05, 3.63) is 23.8 Å². The van der Waals surface area contributed by atoms with Gasteiger partial charge in [0.05, 0.1) is 11.5 Å². The van der Waals surface area contributed by atoms with E-state index in [2.05, 4.69) is 6.58 Å². The van der Waals surface area contributed by atoms with Gasteiger partial charge in [-0.2, -0.15) is 0 Å². The molecule has 1 aliphatic heterocycles. The molecule has 1 heterocycles. The second-order valence-corrected chi connectivity index (χ2v) is 8.87. The standard InChI is InChI=1S/C19H22O6/c1-8-6-18-7-19(8,24)4-3-10(18)9-5-11-14(20)17(2,16(23)25-11)12(9)13(18)15(21)22/h5,10-14,20,24H,1,3-4,6-7H2,2H3,(H,21,22)/t10-,11-,12+,13+,14-,17-,18-,19+/m1/s1. The van der Waals surface area contributed by atoms with Crippen LogP contribution < -0.4 is 0 Å². The van der Waals surface area contributed by atoms with Crippen LogP contribution in [0.2, 0.25) is 0 Å². The predicted molar refractivity (Wildman–Crippen MR) is 85.2 cm³/mol. The number of aliphatic carboxylic acids is 1. The van der Waals surface area contributed by atoms with E-state index in [1.807, 2.05) is 0 Å². The third kappa shape index (κ3) is 1.47. The summed E-state index contributed by atoms with van der Waals surface area (Å²) in [6, 6.07) is 0. The van der Waals surface area contributed by atoms with E-state index >= 15 is 0 Å². The maximum absolute atomic E-state index is 12.6. The summed E-state index contributed by atoms with van der Waals surface area (Å²) >= 11 is 0. The third-order valence-electron chi connectivity index (χ3n) is 7.95. The summed E-state index contributed by atoms with van der Waals surface area (Å²) in [5.41, 5.74) is -1.23. The van der Waals surface area contributed by atoms with Crippen molar-refractivity contribution >= 4 is 11.9 Å². The lowest BCUT2D eigenvalue weighted by Gasteiger charge is -2.41. The number of aliphatic hydroxyl groups excluding tert-OH is 1. The van der Waals surface area contributed by atoms with Gasteiger partial charge in [0.25, 0.3) is 0 Å². The third-order valence-corrected chi connectivity index (χ3v) is 7.95. The van der Waals surface area contributed by atoms with Crippen molar-refractivity contribution in [2.45, 2.75) is 50.4 Å². The molecular formula is C19H22O6. The van der Waals surface area contributed by atoms with Gasteiger partial charge in [0, 0.05) is 5.92 Å². The molecule has 0 radical (unpaired) electrons. The van der Waals surface area contributed by atoms with Crippen LogP contribution in [-0.2, 0) is 14.3 Å². The lowest BCUT2D eigenvalue weighted by molar-refractivity contribution is -0.157. The zero-order valence-corrected chi connectivity index (χ0v) is 14.1. The Kier molecular flexibility index (Phi) is 2.60. The number of carboxylic acid groups (broad SMARTS) is 1. The van der Waals surface area contributed by atoms with Crippen LogP contribution in [0.5, 0.6) is 0 Å². The zero-order valence-electron chi connectivity index (χ0n) is 14.1. The predicted octanol–water partition coefficient (Wildman–Crippen LogP) is 1.03. The van der Waals surface area contributed by atoms with Crippen molar-refractivity contribution < 1.29 is 29.6 Å². The first kappa shape index (κ1) is 15.6. The van der Waals surface area contributed by atoms with Gasteiger partial charge in [-0.15, -0.1) is 0 Å². The number of carbonyl (C=O) groups excluding carboxylic acids is 1. The lowest BCUT2D eigenvalue weighted by Crippen LogP contribution is -2.50. The number of aliphatic hydroxyl groups is 2. The summed E-state index contributed by atoms with van der Waals surface area (Å²) < 4.78 is 5.34. The molecule has 134 valence electrons. The van der Waals surface area contributed by atoms with Crippen molar-refractivity contribution in [3.63, 3.8) is 0 Å². The van der Waals surface area contributed by atoms with Gasteiger partial charge < -0.3 is 20.1 Å². The van der Waals surface area contributed by atoms with Crippen LogP contribution in [-0.4, -0.2) is 45.1 Å². The minimum atomic E-state index is -1.24. The highest BCUT2D eigenvalue weighted by Crippen LogP contribution is 2.74. The highest BCUT2D eigenvalue weighted by Gasteiger charge is 2.75. The number of carboxylic acids is 1. The molecule has 6 heteroatoms. The fraction of sp³-hybridized carbons (Fsp3) is 0.684. The molecule has 25 heavy (non-hydrogen) atoms. The first-order chi connectivity index (χ1) is 11.6. The number of esters is 1. The van der Waals surface area contributed by atoms with E-state index in [1.165, 1.54) is 0 Å². The van der Waals surface area contributed by atoms with Crippen LogP contribution in [0.25, 0.3) is 0 Å². The largest absolute Gasteiger partial charge is 0.481 e. The summed E-state index contributed by atoms with van der Waals surface area (Å²) in [7, 11) is 0. The topological polar surface area (TPSA) is 104 Å². The molecule has 1 spiro atoms. The Morgan fingerprint density at radius 3 is 2.84 bits per heavy atom. The molecule has 4 bridgehead atoms. The van der Waals surface area contributed by atoms with E-state index in [0.29, 0.717) is 31.3 Å². The molecule has 0 unspecified atom stereocenters. The average Bonchev–Trinajstić information content (AvgIpc) is 2.96. The minimum absolute atomic E-state index is 0.0121. The maximum atomic E-state index is 12.6. The van der Waals surface area contributed by atoms with E-state index < -0.39 is 52.4 Å². The van der Waals surface area contributed by atoms with E-state index in [1.54, 1.807) is 13.0 Å². The van der Waals surface area contributed by atoms with Crippen LogP contribution in [0.15, 0.2) is 23.8 Å². The second-order valence-electron chi connectivity index (χ2n) is 8.87. The molecule has 0 amide bonds. The molecule has 6 nitrogen and oxygen atoms in total. The molecule has 0 aromatic rings. The number of ether oxygens (including phenoxy) is 1. The molecule has 5 rings (SSSR count). The van der Waals surface area contributed by atoms with Crippen LogP contribution >= 0.6 is 0 Å². The molecule has 4 fully saturated rings. The highest BCUT2D eigenvalue weighted by molar-refractivity contribution is 5.85. The zero-order chi connectivity index (χ0) is 17.9. The highest BCUT2D eigenvalue weighted by atomic mass is 16.6. The van der Waals surface area contributed by atoms with Gasteiger partial charge in [-0.05, 0) is 55.6 Å². The molecular weight excluding hydrogens is 324 g/mol. The Bertz CT molecular complexity index is 770. The molecule has 1 saturated heterocycles. The number of hydrogen-bond acceptors (Lipinski definition) is 5. The van der Waals surface area contributed by atoms with Gasteiger partial charge >= 0.3 is 11.9 Å². The van der Waals surface area contributed by atoms with Gasteiger partial charge in [-0.1, -0.05) is 12.2 Å². The molecule has 0 aromatic carbocycles. The lowest BCUT2D eigenvalue weighted by atomic mass is 9.61. The fourth-order valence-electron chi connectivity index (χ4n) is 6.86. The van der Waals surface area contributed by atoms with Gasteiger partial charge in [0.15, 0.2) is 0 Å². The van der Waals surface area contributed by atoms with Gasteiger partial charge in [0.2, 0.25) is 0 Å². The normalized spacial score (nSPS) is 55.5. The molecule has 5 aliphatic rings. The smallest absolute Gasteiger partial charge is 0.315 e. The summed E-state index contributed by atoms with van der Waals surface area (Å²) in [5, 5.41) is 31.7. The summed E-state index contributed by atoms with van der Waals surface area (Å²) in [6.07, 6.45) is 2.14. The van der Waals surface area contributed by atoms with Crippen molar-refractivity contribution in [2.75, 3.05) is 0 Å². The summed E-state index contributed by atoms with van der Waals surface area (Å²) in [5.74, 6) is -2.92. The Balaban J connectivity index is 1.75. The van der Waals surface area contributed by atoms with E-state index in [4.69, 9.17) is 4.74 Å². The van der Waals surface area contributed by atoms with Crippen molar-refractivity contribution in [2.24, 2.45) is 28.6 Å². The number of allylic oxidation sites excluding steroid dienone is 1. The Labute approximate surface area is 145 Å². The van der Waals surface area contributed by atoms with Crippen LogP contribution in [0, 0.1) is 28.6 Å². The SMILES string of the molecule is C=C1C[C@@]23C[C@@]1(O)CC[C@@H]2C1=C[C@H]2OC(=O)[C@@](C)([C@@H]2O)[C@@H]1[C@H]3C(=O)O. The molecule has 3 saturated carbocycles. The number of fused-ring (bicyclic) bond motifs is 6. The number of carbonyl (C=O) groups is 2. The monoisotopic (exact) mass is 346 g/mol. The summed E-state index contributed by atoms with van der Waals surface area (Å²) in [6.45, 7) is 5.66. The number of hydrogen-bond donors (Lipinski definition) is 3. The Hall–Kier alpha value is -1.66. The first-order valence-corrected chi connectivity index (χ1v) is 8.89. The molecule has 8 atom stereocenters. The van der Waals surface area contributed by atoms with E-state index in [9.17, 15) is 24.9 Å².